The fourth-order valence-corrected chi connectivity index (χ4v) is 3.07. The third-order valence-electron chi connectivity index (χ3n) is 4.38. The number of aromatic nitrogens is 4. The van der Waals surface area contributed by atoms with E-state index in [-0.39, 0.29) is 22.1 Å². The van der Waals surface area contributed by atoms with E-state index in [9.17, 15) is 18.0 Å². The highest BCUT2D eigenvalue weighted by molar-refractivity contribution is 5.68. The number of ether oxygens (including phenoxy) is 1. The SMILES string of the molecule is [2H]C([2H])([2H])n1nc(-c2ccc(N[C@H]3CCN(C(=O)OC(C)(C)C)C3)nc2C)nc1C(F)(F)F. The number of rotatable bonds is 3. The molecule has 0 aromatic carbocycles. The van der Waals surface area contributed by atoms with Crippen molar-refractivity contribution in [3.8, 4) is 11.4 Å². The fourth-order valence-electron chi connectivity index (χ4n) is 3.07. The molecule has 1 atom stereocenters. The van der Waals surface area contributed by atoms with E-state index >= 15 is 0 Å². The van der Waals surface area contributed by atoms with Crippen molar-refractivity contribution in [3.05, 3.63) is 23.7 Å². The maximum absolute atomic E-state index is 13.2. The molecule has 1 aliphatic heterocycles. The predicted octanol–water partition coefficient (Wildman–Crippen LogP) is 3.63. The molecular formula is C19H25F3N6O2. The molecule has 1 saturated heterocycles. The molecule has 0 unspecified atom stereocenters. The van der Waals surface area contributed by atoms with Crippen molar-refractivity contribution in [3.63, 3.8) is 0 Å². The van der Waals surface area contributed by atoms with E-state index in [0.717, 1.165) is 0 Å². The molecule has 2 aromatic heterocycles. The Hall–Kier alpha value is -2.85. The summed E-state index contributed by atoms with van der Waals surface area (Å²) in [6, 6.07) is 2.94. The van der Waals surface area contributed by atoms with Crippen molar-refractivity contribution in [1.82, 2.24) is 24.6 Å². The smallest absolute Gasteiger partial charge is 0.444 e. The van der Waals surface area contributed by atoms with E-state index in [1.54, 1.807) is 38.7 Å². The van der Waals surface area contributed by atoms with Crippen LogP contribution in [0.15, 0.2) is 12.1 Å². The normalized spacial score (nSPS) is 19.2. The minimum Gasteiger partial charge on any atom is -0.444 e. The molecule has 2 aromatic rings. The van der Waals surface area contributed by atoms with Gasteiger partial charge < -0.3 is 15.0 Å². The number of amides is 1. The minimum atomic E-state index is -4.98. The Morgan fingerprint density at radius 3 is 2.60 bits per heavy atom. The van der Waals surface area contributed by atoms with E-state index in [0.29, 0.717) is 31.0 Å². The predicted molar refractivity (Wildman–Crippen MR) is 104 cm³/mol. The number of alkyl halides is 3. The Morgan fingerprint density at radius 1 is 1.30 bits per heavy atom. The fraction of sp³-hybridized carbons (Fsp3) is 0.579. The quantitative estimate of drug-likeness (QED) is 0.802. The number of pyridine rings is 1. The first-order valence-electron chi connectivity index (χ1n) is 10.8. The summed E-state index contributed by atoms with van der Waals surface area (Å²) >= 11 is 0. The third kappa shape index (κ3) is 5.00. The largest absolute Gasteiger partial charge is 0.451 e. The number of hydrogen-bond acceptors (Lipinski definition) is 6. The maximum Gasteiger partial charge on any atom is 0.451 e. The Labute approximate surface area is 176 Å². The van der Waals surface area contributed by atoms with Crippen LogP contribution in [0.3, 0.4) is 0 Å². The Balaban J connectivity index is 1.75. The average Bonchev–Trinajstić information content (AvgIpc) is 3.27. The van der Waals surface area contributed by atoms with Crippen molar-refractivity contribution >= 4 is 11.9 Å². The minimum absolute atomic E-state index is 0.0833. The molecule has 0 saturated carbocycles. The number of nitrogens with zero attached hydrogens (tertiary/aromatic N) is 5. The van der Waals surface area contributed by atoms with Gasteiger partial charge in [0.2, 0.25) is 5.82 Å². The van der Waals surface area contributed by atoms with Gasteiger partial charge >= 0.3 is 12.3 Å². The molecule has 8 nitrogen and oxygen atoms in total. The van der Waals surface area contributed by atoms with Gasteiger partial charge in [0.05, 0.1) is 5.69 Å². The van der Waals surface area contributed by atoms with Crippen LogP contribution in [-0.2, 0) is 17.9 Å². The van der Waals surface area contributed by atoms with Crippen LogP contribution in [0.1, 0.15) is 42.8 Å². The summed E-state index contributed by atoms with van der Waals surface area (Å²) in [6.45, 7) is 4.72. The lowest BCUT2D eigenvalue weighted by molar-refractivity contribution is -0.147. The highest BCUT2D eigenvalue weighted by Gasteiger charge is 2.37. The Bertz CT molecular complexity index is 1000. The van der Waals surface area contributed by atoms with Crippen molar-refractivity contribution in [2.24, 2.45) is 6.98 Å². The molecule has 1 N–H and O–H groups in total. The van der Waals surface area contributed by atoms with E-state index < -0.39 is 30.7 Å². The van der Waals surface area contributed by atoms with Crippen molar-refractivity contribution in [2.45, 2.75) is 51.9 Å². The number of aryl methyl sites for hydroxylation is 2. The number of carbonyl (C=O) groups excluding carboxylic acids is 1. The first kappa shape index (κ1) is 18.0. The van der Waals surface area contributed by atoms with Crippen LogP contribution in [0.4, 0.5) is 23.8 Å². The summed E-state index contributed by atoms with van der Waals surface area (Å²) in [5.41, 5.74) is -0.0989. The van der Waals surface area contributed by atoms with Crippen LogP contribution in [0.25, 0.3) is 11.4 Å². The van der Waals surface area contributed by atoms with Crippen molar-refractivity contribution < 1.29 is 26.8 Å². The number of likely N-dealkylation sites (tertiary alicyclic amines) is 1. The van der Waals surface area contributed by atoms with Gasteiger partial charge in [-0.2, -0.15) is 18.3 Å². The topological polar surface area (TPSA) is 85.2 Å². The van der Waals surface area contributed by atoms with E-state index in [2.05, 4.69) is 20.4 Å². The van der Waals surface area contributed by atoms with Gasteiger partial charge in [-0.3, -0.25) is 0 Å². The lowest BCUT2D eigenvalue weighted by atomic mass is 10.2. The average molecular weight is 429 g/mol. The van der Waals surface area contributed by atoms with Crippen LogP contribution in [0, 0.1) is 6.92 Å². The number of carbonyl (C=O) groups is 1. The zero-order valence-corrected chi connectivity index (χ0v) is 17.0. The van der Waals surface area contributed by atoms with Crippen LogP contribution in [0.5, 0.6) is 0 Å². The van der Waals surface area contributed by atoms with Gasteiger partial charge in [0.25, 0.3) is 0 Å². The summed E-state index contributed by atoms with van der Waals surface area (Å²) < 4.78 is 66.9. The highest BCUT2D eigenvalue weighted by atomic mass is 19.4. The monoisotopic (exact) mass is 429 g/mol. The summed E-state index contributed by atoms with van der Waals surface area (Å²) in [5, 5.41) is 6.77. The number of nitrogens with one attached hydrogen (secondary N) is 1. The molecule has 11 heteroatoms. The maximum atomic E-state index is 13.2. The van der Waals surface area contributed by atoms with Gasteiger partial charge in [-0.05, 0) is 46.2 Å². The zero-order valence-electron chi connectivity index (χ0n) is 20.0. The van der Waals surface area contributed by atoms with Gasteiger partial charge in [-0.15, -0.1) is 0 Å². The van der Waals surface area contributed by atoms with Gasteiger partial charge in [0.15, 0.2) is 5.82 Å². The van der Waals surface area contributed by atoms with Crippen LogP contribution in [0.2, 0.25) is 0 Å². The van der Waals surface area contributed by atoms with Crippen LogP contribution >= 0.6 is 0 Å². The molecule has 1 amide bonds. The highest BCUT2D eigenvalue weighted by Crippen LogP contribution is 2.30. The lowest BCUT2D eigenvalue weighted by Crippen LogP contribution is -2.36. The first-order chi connectivity index (χ1) is 15.0. The van der Waals surface area contributed by atoms with Gasteiger partial charge in [0, 0.05) is 35.8 Å². The molecule has 164 valence electrons. The molecule has 1 aliphatic rings. The second-order valence-corrected chi connectivity index (χ2v) is 8.05. The van der Waals surface area contributed by atoms with E-state index in [1.807, 2.05) is 0 Å². The Kier molecular flexibility index (Phi) is 4.65. The standard InChI is InChI=1S/C19H25F3N6O2/c1-11-13(15-25-16(19(20,21)22)27(5)26-15)6-7-14(23-11)24-12-8-9-28(10-12)17(29)30-18(2,3)4/h6-7,12H,8-10H2,1-5H3,(H,23,24)/t12-/m0/s1/i5D3. The number of halogens is 3. The van der Waals surface area contributed by atoms with Gasteiger partial charge in [0.1, 0.15) is 11.4 Å². The lowest BCUT2D eigenvalue weighted by Gasteiger charge is -2.24. The number of hydrogen-bond donors (Lipinski definition) is 1. The van der Waals surface area contributed by atoms with Gasteiger partial charge in [-0.25, -0.2) is 19.4 Å². The summed E-state index contributed by atoms with van der Waals surface area (Å²) in [6.07, 6.45) is -4.71. The van der Waals surface area contributed by atoms with Crippen LogP contribution < -0.4 is 5.32 Å². The molecule has 0 spiro atoms. The molecule has 3 rings (SSSR count). The molecule has 0 aliphatic carbocycles. The Morgan fingerprint density at radius 2 is 2.03 bits per heavy atom. The molecule has 0 bridgehead atoms. The van der Waals surface area contributed by atoms with Crippen molar-refractivity contribution in [1.29, 1.82) is 0 Å². The van der Waals surface area contributed by atoms with E-state index in [4.69, 9.17) is 8.85 Å². The third-order valence-corrected chi connectivity index (χ3v) is 4.38. The second kappa shape index (κ2) is 7.77. The molecule has 3 heterocycles. The van der Waals surface area contributed by atoms with E-state index in [1.165, 1.54) is 6.07 Å². The molecule has 1 fully saturated rings. The summed E-state index contributed by atoms with van der Waals surface area (Å²) in [7, 11) is 0. The van der Waals surface area contributed by atoms with Gasteiger partial charge in [-0.1, -0.05) is 0 Å². The zero-order chi connectivity index (χ0) is 24.8. The second-order valence-electron chi connectivity index (χ2n) is 8.05. The number of anilines is 1. The molecule has 0 radical (unpaired) electrons. The summed E-state index contributed by atoms with van der Waals surface area (Å²) in [5.74, 6) is -1.53. The van der Waals surface area contributed by atoms with Crippen molar-refractivity contribution in [2.75, 3.05) is 18.4 Å². The summed E-state index contributed by atoms with van der Waals surface area (Å²) in [4.78, 5) is 21.6. The first-order valence-corrected chi connectivity index (χ1v) is 9.32. The molecular weight excluding hydrogens is 401 g/mol. The molecule has 30 heavy (non-hydrogen) atoms. The van der Waals surface area contributed by atoms with Crippen LogP contribution in [-0.4, -0.2) is 55.5 Å².